The molecule has 1 heterocycles. The summed E-state index contributed by atoms with van der Waals surface area (Å²) >= 11 is 0. The first-order valence-corrected chi connectivity index (χ1v) is 7.43. The average Bonchev–Trinajstić information content (AvgIpc) is 2.80. The molecule has 0 bridgehead atoms. The standard InChI is InChI=1S/C15H28N2O3/c1-15(2,3)8-12(9-16)14(20)17-7-6-11(10-17)4-5-13(18)19/h11-12H,4-10,16H2,1-3H3,(H,18,19). The van der Waals surface area contributed by atoms with Gasteiger partial charge in [-0.15, -0.1) is 0 Å². The Balaban J connectivity index is 2.49. The lowest BCUT2D eigenvalue weighted by Crippen LogP contribution is -2.39. The van der Waals surface area contributed by atoms with Gasteiger partial charge in [-0.2, -0.15) is 0 Å². The molecule has 1 aliphatic heterocycles. The molecule has 1 fully saturated rings. The van der Waals surface area contributed by atoms with Gasteiger partial charge >= 0.3 is 5.97 Å². The number of carbonyl (C=O) groups excluding carboxylic acids is 1. The third kappa shape index (κ3) is 5.49. The monoisotopic (exact) mass is 284 g/mol. The SMILES string of the molecule is CC(C)(C)CC(CN)C(=O)N1CCC(CCC(=O)O)C1. The van der Waals surface area contributed by atoms with Crippen LogP contribution in [0, 0.1) is 17.3 Å². The molecular weight excluding hydrogens is 256 g/mol. The Morgan fingerprint density at radius 2 is 2.05 bits per heavy atom. The number of amides is 1. The largest absolute Gasteiger partial charge is 0.481 e. The van der Waals surface area contributed by atoms with Crippen LogP contribution in [0.25, 0.3) is 0 Å². The molecule has 0 saturated carbocycles. The molecule has 1 rings (SSSR count). The first-order valence-electron chi connectivity index (χ1n) is 7.43. The Bertz CT molecular complexity index is 350. The Morgan fingerprint density at radius 3 is 2.55 bits per heavy atom. The zero-order valence-corrected chi connectivity index (χ0v) is 12.9. The summed E-state index contributed by atoms with van der Waals surface area (Å²) in [6, 6.07) is 0. The molecule has 0 radical (unpaired) electrons. The fourth-order valence-corrected chi connectivity index (χ4v) is 2.86. The summed E-state index contributed by atoms with van der Waals surface area (Å²) in [5.74, 6) is -0.418. The first-order chi connectivity index (χ1) is 9.23. The van der Waals surface area contributed by atoms with E-state index in [1.54, 1.807) is 0 Å². The highest BCUT2D eigenvalue weighted by Gasteiger charge is 2.32. The second kappa shape index (κ2) is 7.07. The van der Waals surface area contributed by atoms with E-state index in [4.69, 9.17) is 10.8 Å². The third-order valence-corrected chi connectivity index (χ3v) is 3.86. The van der Waals surface area contributed by atoms with Crippen LogP contribution < -0.4 is 5.73 Å². The normalized spacial score (nSPS) is 21.0. The van der Waals surface area contributed by atoms with E-state index < -0.39 is 5.97 Å². The van der Waals surface area contributed by atoms with Gasteiger partial charge in [0.1, 0.15) is 0 Å². The fourth-order valence-electron chi connectivity index (χ4n) is 2.86. The van der Waals surface area contributed by atoms with E-state index in [0.29, 0.717) is 25.4 Å². The van der Waals surface area contributed by atoms with Gasteiger partial charge in [0.05, 0.1) is 5.92 Å². The van der Waals surface area contributed by atoms with Crippen molar-refractivity contribution in [3.8, 4) is 0 Å². The molecule has 1 aliphatic rings. The van der Waals surface area contributed by atoms with Gasteiger partial charge < -0.3 is 15.7 Å². The van der Waals surface area contributed by atoms with Crippen molar-refractivity contribution >= 4 is 11.9 Å². The van der Waals surface area contributed by atoms with E-state index >= 15 is 0 Å². The maximum Gasteiger partial charge on any atom is 0.303 e. The molecule has 3 N–H and O–H groups in total. The maximum atomic E-state index is 12.5. The number of nitrogens with zero attached hydrogens (tertiary/aromatic N) is 1. The van der Waals surface area contributed by atoms with Gasteiger partial charge in [0.15, 0.2) is 0 Å². The van der Waals surface area contributed by atoms with Crippen molar-refractivity contribution in [2.45, 2.75) is 46.5 Å². The summed E-state index contributed by atoms with van der Waals surface area (Å²) in [6.07, 6.45) is 2.55. The van der Waals surface area contributed by atoms with Crippen LogP contribution >= 0.6 is 0 Å². The van der Waals surface area contributed by atoms with Crippen molar-refractivity contribution < 1.29 is 14.7 Å². The highest BCUT2D eigenvalue weighted by Crippen LogP contribution is 2.28. The number of hydrogen-bond acceptors (Lipinski definition) is 3. The quantitative estimate of drug-likeness (QED) is 0.777. The topological polar surface area (TPSA) is 83.6 Å². The van der Waals surface area contributed by atoms with E-state index in [0.717, 1.165) is 19.4 Å². The summed E-state index contributed by atoms with van der Waals surface area (Å²) in [4.78, 5) is 24.9. The fraction of sp³-hybridized carbons (Fsp3) is 0.867. The minimum atomic E-state index is -0.762. The molecule has 5 heteroatoms. The number of likely N-dealkylation sites (tertiary alicyclic amines) is 1. The second-order valence-corrected chi connectivity index (χ2v) is 7.07. The van der Waals surface area contributed by atoms with E-state index in [1.807, 2.05) is 4.90 Å². The minimum Gasteiger partial charge on any atom is -0.481 e. The predicted octanol–water partition coefficient (Wildman–Crippen LogP) is 1.71. The number of hydrogen-bond donors (Lipinski definition) is 2. The molecule has 1 amide bonds. The molecule has 20 heavy (non-hydrogen) atoms. The molecule has 116 valence electrons. The lowest BCUT2D eigenvalue weighted by atomic mass is 9.84. The zero-order valence-electron chi connectivity index (χ0n) is 12.9. The van der Waals surface area contributed by atoms with E-state index in [-0.39, 0.29) is 23.7 Å². The van der Waals surface area contributed by atoms with E-state index in [2.05, 4.69) is 20.8 Å². The summed E-state index contributed by atoms with van der Waals surface area (Å²) in [7, 11) is 0. The van der Waals surface area contributed by atoms with Gasteiger partial charge in [0.2, 0.25) is 5.91 Å². The molecule has 2 atom stereocenters. The van der Waals surface area contributed by atoms with Crippen molar-refractivity contribution in [2.24, 2.45) is 23.0 Å². The van der Waals surface area contributed by atoms with Crippen LogP contribution in [0.15, 0.2) is 0 Å². The number of carbonyl (C=O) groups is 2. The van der Waals surface area contributed by atoms with Gasteiger partial charge in [-0.3, -0.25) is 9.59 Å². The van der Waals surface area contributed by atoms with Gasteiger partial charge in [-0.05, 0) is 30.6 Å². The molecule has 0 spiro atoms. The Hall–Kier alpha value is -1.10. The molecule has 2 unspecified atom stereocenters. The third-order valence-electron chi connectivity index (χ3n) is 3.86. The molecule has 0 aliphatic carbocycles. The number of carboxylic acids is 1. The van der Waals surface area contributed by atoms with E-state index in [9.17, 15) is 9.59 Å². The van der Waals surface area contributed by atoms with Crippen molar-refractivity contribution in [1.82, 2.24) is 4.90 Å². The summed E-state index contributed by atoms with van der Waals surface area (Å²) in [6.45, 7) is 8.15. The highest BCUT2D eigenvalue weighted by molar-refractivity contribution is 5.79. The number of aliphatic carboxylic acids is 1. The lowest BCUT2D eigenvalue weighted by molar-refractivity contribution is -0.137. The average molecular weight is 284 g/mol. The number of carboxylic acid groups (broad SMARTS) is 1. The van der Waals surface area contributed by atoms with Crippen molar-refractivity contribution in [1.29, 1.82) is 0 Å². The Kier molecular flexibility index (Phi) is 5.99. The summed E-state index contributed by atoms with van der Waals surface area (Å²) in [5, 5.41) is 8.71. The van der Waals surface area contributed by atoms with Crippen LogP contribution in [-0.4, -0.2) is 41.5 Å². The van der Waals surface area contributed by atoms with Crippen molar-refractivity contribution in [3.05, 3.63) is 0 Å². The second-order valence-electron chi connectivity index (χ2n) is 7.07. The molecule has 1 saturated heterocycles. The van der Waals surface area contributed by atoms with Crippen LogP contribution in [0.3, 0.4) is 0 Å². The van der Waals surface area contributed by atoms with Crippen molar-refractivity contribution in [2.75, 3.05) is 19.6 Å². The Morgan fingerprint density at radius 1 is 1.40 bits per heavy atom. The zero-order chi connectivity index (χ0) is 15.3. The summed E-state index contributed by atoms with van der Waals surface area (Å²) in [5.41, 5.74) is 5.84. The van der Waals surface area contributed by atoms with Crippen molar-refractivity contribution in [3.63, 3.8) is 0 Å². The van der Waals surface area contributed by atoms with Crippen LogP contribution in [-0.2, 0) is 9.59 Å². The van der Waals surface area contributed by atoms with E-state index in [1.165, 1.54) is 0 Å². The highest BCUT2D eigenvalue weighted by atomic mass is 16.4. The van der Waals surface area contributed by atoms with Crippen LogP contribution in [0.2, 0.25) is 0 Å². The smallest absolute Gasteiger partial charge is 0.303 e. The van der Waals surface area contributed by atoms with Gasteiger partial charge in [0.25, 0.3) is 0 Å². The van der Waals surface area contributed by atoms with Gasteiger partial charge in [-0.25, -0.2) is 0 Å². The maximum absolute atomic E-state index is 12.5. The minimum absolute atomic E-state index is 0.0854. The predicted molar refractivity (Wildman–Crippen MR) is 78.2 cm³/mol. The summed E-state index contributed by atoms with van der Waals surface area (Å²) < 4.78 is 0. The first kappa shape index (κ1) is 17.0. The van der Waals surface area contributed by atoms with Crippen LogP contribution in [0.5, 0.6) is 0 Å². The molecule has 0 aromatic heterocycles. The molecule has 0 aromatic carbocycles. The number of nitrogens with two attached hydrogens (primary N) is 1. The van der Waals surface area contributed by atoms with Gasteiger partial charge in [0, 0.05) is 26.1 Å². The molecule has 0 aromatic rings. The molecular formula is C15H28N2O3. The van der Waals surface area contributed by atoms with Gasteiger partial charge in [-0.1, -0.05) is 20.8 Å². The van der Waals surface area contributed by atoms with Crippen LogP contribution in [0.1, 0.15) is 46.5 Å². The number of rotatable bonds is 6. The Labute approximate surface area is 121 Å². The lowest BCUT2D eigenvalue weighted by Gasteiger charge is -2.28. The van der Waals surface area contributed by atoms with Crippen LogP contribution in [0.4, 0.5) is 0 Å². The molecule has 5 nitrogen and oxygen atoms in total.